The molecule has 0 unspecified atom stereocenters. The summed E-state index contributed by atoms with van der Waals surface area (Å²) in [6.45, 7) is 3.82. The number of amides is 1. The number of halogens is 1. The zero-order valence-corrected chi connectivity index (χ0v) is 14.5. The molecule has 0 spiro atoms. The maximum absolute atomic E-state index is 13.1. The highest BCUT2D eigenvalue weighted by atomic mass is 32.2. The minimum atomic E-state index is -3.40. The Bertz CT molecular complexity index is 827. The van der Waals surface area contributed by atoms with E-state index >= 15 is 0 Å². The normalized spacial score (nSPS) is 11.3. The van der Waals surface area contributed by atoms with Crippen molar-refractivity contribution in [3.05, 3.63) is 65.0 Å². The molecule has 0 heterocycles. The fourth-order valence-electron chi connectivity index (χ4n) is 2.52. The number of hydrogen-bond acceptors (Lipinski definition) is 3. The minimum absolute atomic E-state index is 0.0945. The van der Waals surface area contributed by atoms with E-state index in [9.17, 15) is 17.6 Å². The van der Waals surface area contributed by atoms with Crippen molar-refractivity contribution in [2.24, 2.45) is 0 Å². The Morgan fingerprint density at radius 1 is 1.08 bits per heavy atom. The van der Waals surface area contributed by atoms with Gasteiger partial charge in [-0.2, -0.15) is 0 Å². The van der Waals surface area contributed by atoms with Crippen molar-refractivity contribution in [3.63, 3.8) is 0 Å². The molecular formula is C18H20FNO3S. The largest absolute Gasteiger partial charge is 0.326 e. The fraction of sp³-hybridized carbons (Fsp3) is 0.278. The van der Waals surface area contributed by atoms with E-state index in [1.165, 1.54) is 18.2 Å². The summed E-state index contributed by atoms with van der Waals surface area (Å²) in [5.74, 6) is -1.26. The number of hydrogen-bond donors (Lipinski definition) is 1. The summed E-state index contributed by atoms with van der Waals surface area (Å²) in [7, 11) is -3.40. The molecule has 0 fully saturated rings. The standard InChI is InChI=1S/C18H20FNO3S/c1-13-8-14(2)10-15(9-13)12-24(22,23)7-6-18(21)20-17-5-3-4-16(19)11-17/h3-5,8-11H,6-7,12H2,1-2H3,(H,20,21). The van der Waals surface area contributed by atoms with Gasteiger partial charge in [-0.3, -0.25) is 4.79 Å². The van der Waals surface area contributed by atoms with Crippen LogP contribution in [0, 0.1) is 19.7 Å². The van der Waals surface area contributed by atoms with Gasteiger partial charge in [-0.15, -0.1) is 0 Å². The van der Waals surface area contributed by atoms with Crippen LogP contribution >= 0.6 is 0 Å². The van der Waals surface area contributed by atoms with Gasteiger partial charge >= 0.3 is 0 Å². The lowest BCUT2D eigenvalue weighted by Gasteiger charge is -2.08. The van der Waals surface area contributed by atoms with E-state index in [0.29, 0.717) is 5.69 Å². The van der Waals surface area contributed by atoms with Gasteiger partial charge in [0.25, 0.3) is 0 Å². The van der Waals surface area contributed by atoms with Crippen molar-refractivity contribution >= 4 is 21.4 Å². The first-order valence-corrected chi connectivity index (χ1v) is 9.39. The van der Waals surface area contributed by atoms with Crippen LogP contribution in [0.1, 0.15) is 23.1 Å². The molecule has 0 saturated carbocycles. The zero-order chi connectivity index (χ0) is 17.7. The molecule has 128 valence electrons. The van der Waals surface area contributed by atoms with Gasteiger partial charge in [-0.05, 0) is 37.6 Å². The summed E-state index contributed by atoms with van der Waals surface area (Å²) in [6.07, 6.45) is -0.163. The van der Waals surface area contributed by atoms with Gasteiger partial charge in [-0.25, -0.2) is 12.8 Å². The van der Waals surface area contributed by atoms with Gasteiger partial charge in [0.1, 0.15) is 5.82 Å². The van der Waals surface area contributed by atoms with Gasteiger partial charge in [0, 0.05) is 12.1 Å². The van der Waals surface area contributed by atoms with Crippen molar-refractivity contribution in [1.29, 1.82) is 0 Å². The molecule has 0 aliphatic heterocycles. The first-order valence-electron chi connectivity index (χ1n) is 7.56. The highest BCUT2D eigenvalue weighted by molar-refractivity contribution is 7.90. The van der Waals surface area contributed by atoms with Crippen LogP contribution in [0.3, 0.4) is 0 Å². The maximum atomic E-state index is 13.1. The molecule has 0 aliphatic rings. The van der Waals surface area contributed by atoms with E-state index in [-0.39, 0.29) is 17.9 Å². The Morgan fingerprint density at radius 3 is 2.38 bits per heavy atom. The van der Waals surface area contributed by atoms with Gasteiger partial charge in [-0.1, -0.05) is 35.4 Å². The number of rotatable bonds is 6. The van der Waals surface area contributed by atoms with Crippen LogP contribution in [0.25, 0.3) is 0 Å². The van der Waals surface area contributed by atoms with Crippen molar-refractivity contribution in [2.45, 2.75) is 26.0 Å². The predicted octanol–water partition coefficient (Wildman–Crippen LogP) is 3.39. The lowest BCUT2D eigenvalue weighted by atomic mass is 10.1. The van der Waals surface area contributed by atoms with Gasteiger partial charge in [0.2, 0.25) is 5.91 Å². The third kappa shape index (κ3) is 5.77. The predicted molar refractivity (Wildman–Crippen MR) is 93.1 cm³/mol. The van der Waals surface area contributed by atoms with Crippen LogP contribution in [0.2, 0.25) is 0 Å². The fourth-order valence-corrected chi connectivity index (χ4v) is 3.83. The molecule has 0 aliphatic carbocycles. The van der Waals surface area contributed by atoms with Crippen molar-refractivity contribution in [3.8, 4) is 0 Å². The third-order valence-corrected chi connectivity index (χ3v) is 5.02. The molecule has 1 N–H and O–H groups in total. The lowest BCUT2D eigenvalue weighted by Crippen LogP contribution is -2.18. The lowest BCUT2D eigenvalue weighted by molar-refractivity contribution is -0.115. The number of carbonyl (C=O) groups is 1. The van der Waals surface area contributed by atoms with Crippen LogP contribution in [-0.2, 0) is 20.4 Å². The van der Waals surface area contributed by atoms with Gasteiger partial charge in [0.15, 0.2) is 9.84 Å². The first kappa shape index (κ1) is 18.1. The van der Waals surface area contributed by atoms with E-state index in [1.54, 1.807) is 6.07 Å². The molecule has 0 bridgehead atoms. The van der Waals surface area contributed by atoms with Crippen LogP contribution < -0.4 is 5.32 Å². The highest BCUT2D eigenvalue weighted by Crippen LogP contribution is 2.14. The topological polar surface area (TPSA) is 63.2 Å². The number of anilines is 1. The molecule has 1 amide bonds. The number of benzene rings is 2. The second-order valence-corrected chi connectivity index (χ2v) is 8.08. The second-order valence-electron chi connectivity index (χ2n) is 5.90. The number of nitrogens with one attached hydrogen (secondary N) is 1. The van der Waals surface area contributed by atoms with Crippen LogP contribution in [0.15, 0.2) is 42.5 Å². The smallest absolute Gasteiger partial charge is 0.225 e. The summed E-state index contributed by atoms with van der Waals surface area (Å²) >= 11 is 0. The Kier molecular flexibility index (Phi) is 5.72. The SMILES string of the molecule is Cc1cc(C)cc(CS(=O)(=O)CCC(=O)Nc2cccc(F)c2)c1. The van der Waals surface area contributed by atoms with Crippen LogP contribution in [0.4, 0.5) is 10.1 Å². The second kappa shape index (κ2) is 7.57. The molecule has 4 nitrogen and oxygen atoms in total. The summed E-state index contributed by atoms with van der Waals surface area (Å²) in [4.78, 5) is 11.8. The summed E-state index contributed by atoms with van der Waals surface area (Å²) in [5, 5.41) is 2.49. The molecule has 0 saturated heterocycles. The molecule has 2 aromatic carbocycles. The Hall–Kier alpha value is -2.21. The molecule has 24 heavy (non-hydrogen) atoms. The maximum Gasteiger partial charge on any atom is 0.225 e. The van der Waals surface area contributed by atoms with Crippen molar-refractivity contribution in [1.82, 2.24) is 0 Å². The Balaban J connectivity index is 1.93. The van der Waals surface area contributed by atoms with E-state index in [1.807, 2.05) is 32.0 Å². The Morgan fingerprint density at radius 2 is 1.75 bits per heavy atom. The van der Waals surface area contributed by atoms with Gasteiger partial charge < -0.3 is 5.32 Å². The quantitative estimate of drug-likeness (QED) is 0.869. The van der Waals surface area contributed by atoms with Gasteiger partial charge in [0.05, 0.1) is 11.5 Å². The first-order chi connectivity index (χ1) is 11.2. The average molecular weight is 349 g/mol. The third-order valence-electron chi connectivity index (χ3n) is 3.42. The van der Waals surface area contributed by atoms with Crippen LogP contribution in [-0.4, -0.2) is 20.1 Å². The monoisotopic (exact) mass is 349 g/mol. The van der Waals surface area contributed by atoms with Crippen LogP contribution in [0.5, 0.6) is 0 Å². The average Bonchev–Trinajstić information content (AvgIpc) is 2.43. The molecule has 0 radical (unpaired) electrons. The number of sulfone groups is 1. The molecular weight excluding hydrogens is 329 g/mol. The molecule has 2 rings (SSSR count). The minimum Gasteiger partial charge on any atom is -0.326 e. The molecule has 6 heteroatoms. The van der Waals surface area contributed by atoms with Crippen molar-refractivity contribution < 1.29 is 17.6 Å². The molecule has 2 aromatic rings. The molecule has 0 aromatic heterocycles. The van der Waals surface area contributed by atoms with Crippen molar-refractivity contribution in [2.75, 3.05) is 11.1 Å². The van der Waals surface area contributed by atoms with E-state index < -0.39 is 21.6 Å². The number of aryl methyl sites for hydroxylation is 2. The summed E-state index contributed by atoms with van der Waals surface area (Å²) in [6, 6.07) is 11.1. The van der Waals surface area contributed by atoms with E-state index in [0.717, 1.165) is 16.7 Å². The van der Waals surface area contributed by atoms with E-state index in [2.05, 4.69) is 5.32 Å². The highest BCUT2D eigenvalue weighted by Gasteiger charge is 2.15. The molecule has 0 atom stereocenters. The summed E-state index contributed by atoms with van der Waals surface area (Å²) < 4.78 is 37.4. The van der Waals surface area contributed by atoms with E-state index in [4.69, 9.17) is 0 Å². The zero-order valence-electron chi connectivity index (χ0n) is 13.7. The number of carbonyl (C=O) groups excluding carboxylic acids is 1. The summed E-state index contributed by atoms with van der Waals surface area (Å²) in [5.41, 5.74) is 3.04. The Labute approximate surface area is 141 Å².